The van der Waals surface area contributed by atoms with E-state index >= 15 is 0 Å². The molecule has 1 atom stereocenters. The van der Waals surface area contributed by atoms with Gasteiger partial charge in [-0.1, -0.05) is 6.07 Å². The Kier molecular flexibility index (Phi) is 4.41. The number of rotatable bonds is 5. The summed E-state index contributed by atoms with van der Waals surface area (Å²) in [6, 6.07) is 5.30. The lowest BCUT2D eigenvalue weighted by molar-refractivity contribution is 0.397. The average Bonchev–Trinajstić information content (AvgIpc) is 2.46. The monoisotopic (exact) mass is 261 g/mol. The molecule has 5 heteroatoms. The molecule has 1 unspecified atom stereocenters. The first kappa shape index (κ1) is 13.4. The summed E-state index contributed by atoms with van der Waals surface area (Å²) in [6.07, 6.45) is 5.21. The Morgan fingerprint density at radius 1 is 1.32 bits per heavy atom. The van der Waals surface area contributed by atoms with Gasteiger partial charge in [-0.2, -0.15) is 0 Å². The zero-order chi connectivity index (χ0) is 13.7. The molecule has 0 saturated heterocycles. The number of hydrogen-bond acceptors (Lipinski definition) is 4. The topological polar surface area (TPSA) is 47.0 Å². The fraction of sp³-hybridized carbons (Fsp3) is 0.286. The highest BCUT2D eigenvalue weighted by atomic mass is 19.1. The van der Waals surface area contributed by atoms with Gasteiger partial charge in [0.25, 0.3) is 0 Å². The molecule has 0 amide bonds. The number of likely N-dealkylation sites (N-methyl/N-ethyl adjacent to an activating group) is 1. The highest BCUT2D eigenvalue weighted by Crippen LogP contribution is 2.20. The van der Waals surface area contributed by atoms with Gasteiger partial charge >= 0.3 is 0 Å². The van der Waals surface area contributed by atoms with Crippen LogP contribution in [0.15, 0.2) is 36.8 Å². The molecule has 0 saturated carbocycles. The van der Waals surface area contributed by atoms with Gasteiger partial charge in [0.15, 0.2) is 0 Å². The Morgan fingerprint density at radius 3 is 2.74 bits per heavy atom. The fourth-order valence-electron chi connectivity index (χ4n) is 1.92. The first-order valence-electron chi connectivity index (χ1n) is 6.00. The van der Waals surface area contributed by atoms with Crippen molar-refractivity contribution in [3.8, 4) is 5.88 Å². The van der Waals surface area contributed by atoms with E-state index < -0.39 is 0 Å². The van der Waals surface area contributed by atoms with E-state index in [1.807, 2.05) is 13.1 Å². The zero-order valence-electron chi connectivity index (χ0n) is 10.9. The minimum atomic E-state index is -0.302. The molecule has 2 aromatic rings. The number of pyridine rings is 2. The van der Waals surface area contributed by atoms with Crippen LogP contribution in [0.2, 0.25) is 0 Å². The summed E-state index contributed by atoms with van der Waals surface area (Å²) in [4.78, 5) is 7.90. The van der Waals surface area contributed by atoms with E-state index in [1.165, 1.54) is 6.20 Å². The Bertz CT molecular complexity index is 530. The SMILES string of the molecule is CNC(Cc1ccc(OC)nc1)c1ccncc1F. The van der Waals surface area contributed by atoms with Crippen LogP contribution >= 0.6 is 0 Å². The van der Waals surface area contributed by atoms with E-state index in [9.17, 15) is 4.39 Å². The predicted molar refractivity (Wildman–Crippen MR) is 70.5 cm³/mol. The molecular formula is C14H16FN3O. The van der Waals surface area contributed by atoms with E-state index in [0.717, 1.165) is 5.56 Å². The summed E-state index contributed by atoms with van der Waals surface area (Å²) in [5, 5.41) is 3.11. The summed E-state index contributed by atoms with van der Waals surface area (Å²) in [5.74, 6) is 0.267. The molecule has 0 aliphatic heterocycles. The number of nitrogens with zero attached hydrogens (tertiary/aromatic N) is 2. The largest absolute Gasteiger partial charge is 0.481 e. The van der Waals surface area contributed by atoms with Gasteiger partial charge in [0, 0.05) is 30.1 Å². The van der Waals surface area contributed by atoms with Crippen LogP contribution in [0, 0.1) is 5.82 Å². The van der Waals surface area contributed by atoms with Crippen LogP contribution in [0.4, 0.5) is 4.39 Å². The first-order valence-corrected chi connectivity index (χ1v) is 6.00. The van der Waals surface area contributed by atoms with Crippen LogP contribution < -0.4 is 10.1 Å². The molecule has 0 bridgehead atoms. The van der Waals surface area contributed by atoms with Crippen LogP contribution in [-0.2, 0) is 6.42 Å². The van der Waals surface area contributed by atoms with Crippen LogP contribution in [0.25, 0.3) is 0 Å². The van der Waals surface area contributed by atoms with Crippen LogP contribution in [0.3, 0.4) is 0 Å². The highest BCUT2D eigenvalue weighted by Gasteiger charge is 2.14. The smallest absolute Gasteiger partial charge is 0.212 e. The fourth-order valence-corrected chi connectivity index (χ4v) is 1.92. The third-order valence-corrected chi connectivity index (χ3v) is 2.97. The Morgan fingerprint density at radius 2 is 2.16 bits per heavy atom. The minimum absolute atomic E-state index is 0.113. The lowest BCUT2D eigenvalue weighted by Gasteiger charge is -2.17. The van der Waals surface area contributed by atoms with E-state index in [1.54, 1.807) is 31.6 Å². The number of aromatic nitrogens is 2. The molecule has 0 aliphatic rings. The van der Waals surface area contributed by atoms with E-state index in [4.69, 9.17) is 4.74 Å². The van der Waals surface area contributed by atoms with E-state index in [0.29, 0.717) is 17.9 Å². The molecule has 0 aliphatic carbocycles. The lowest BCUT2D eigenvalue weighted by Crippen LogP contribution is -2.20. The molecule has 2 rings (SSSR count). The molecular weight excluding hydrogens is 245 g/mol. The average molecular weight is 261 g/mol. The molecule has 0 spiro atoms. The predicted octanol–water partition coefficient (Wildman–Crippen LogP) is 2.13. The lowest BCUT2D eigenvalue weighted by atomic mass is 10.0. The molecule has 1 N–H and O–H groups in total. The quantitative estimate of drug-likeness (QED) is 0.895. The van der Waals surface area contributed by atoms with Gasteiger partial charge in [-0.25, -0.2) is 9.37 Å². The van der Waals surface area contributed by atoms with Crippen molar-refractivity contribution < 1.29 is 9.13 Å². The summed E-state index contributed by atoms with van der Waals surface area (Å²) in [5.41, 5.74) is 1.62. The van der Waals surface area contributed by atoms with E-state index in [2.05, 4.69) is 15.3 Å². The second kappa shape index (κ2) is 6.24. The molecule has 2 heterocycles. The maximum Gasteiger partial charge on any atom is 0.212 e. The van der Waals surface area contributed by atoms with Crippen molar-refractivity contribution in [2.45, 2.75) is 12.5 Å². The minimum Gasteiger partial charge on any atom is -0.481 e. The van der Waals surface area contributed by atoms with E-state index in [-0.39, 0.29) is 11.9 Å². The maximum atomic E-state index is 13.7. The van der Waals surface area contributed by atoms with Gasteiger partial charge in [-0.15, -0.1) is 0 Å². The van der Waals surface area contributed by atoms with Crippen molar-refractivity contribution >= 4 is 0 Å². The van der Waals surface area contributed by atoms with Crippen molar-refractivity contribution in [1.29, 1.82) is 0 Å². The van der Waals surface area contributed by atoms with Crippen molar-refractivity contribution in [3.63, 3.8) is 0 Å². The molecule has 2 aromatic heterocycles. The van der Waals surface area contributed by atoms with Crippen LogP contribution in [0.5, 0.6) is 5.88 Å². The van der Waals surface area contributed by atoms with Gasteiger partial charge < -0.3 is 10.1 Å². The normalized spacial score (nSPS) is 12.2. The zero-order valence-corrected chi connectivity index (χ0v) is 10.9. The Hall–Kier alpha value is -2.01. The third kappa shape index (κ3) is 3.26. The summed E-state index contributed by atoms with van der Waals surface area (Å²) < 4.78 is 18.7. The van der Waals surface area contributed by atoms with Gasteiger partial charge in [0.1, 0.15) is 5.82 Å². The summed E-state index contributed by atoms with van der Waals surface area (Å²) in [7, 11) is 3.38. The van der Waals surface area contributed by atoms with Crippen molar-refractivity contribution in [3.05, 3.63) is 53.7 Å². The number of nitrogens with one attached hydrogen (secondary N) is 1. The highest BCUT2D eigenvalue weighted by molar-refractivity contribution is 5.23. The van der Waals surface area contributed by atoms with Gasteiger partial charge in [0.2, 0.25) is 5.88 Å². The number of hydrogen-bond donors (Lipinski definition) is 1. The molecule has 0 aromatic carbocycles. The molecule has 0 radical (unpaired) electrons. The maximum absolute atomic E-state index is 13.7. The molecule has 100 valence electrons. The van der Waals surface area contributed by atoms with Gasteiger partial charge in [0.05, 0.1) is 13.3 Å². The molecule has 19 heavy (non-hydrogen) atoms. The van der Waals surface area contributed by atoms with Crippen molar-refractivity contribution in [2.24, 2.45) is 0 Å². The third-order valence-electron chi connectivity index (χ3n) is 2.97. The first-order chi connectivity index (χ1) is 9.24. The van der Waals surface area contributed by atoms with Gasteiger partial charge in [-0.05, 0) is 25.1 Å². The summed E-state index contributed by atoms with van der Waals surface area (Å²) >= 11 is 0. The molecule has 0 fully saturated rings. The second-order valence-corrected chi connectivity index (χ2v) is 4.15. The van der Waals surface area contributed by atoms with Gasteiger partial charge in [-0.3, -0.25) is 4.98 Å². The number of methoxy groups -OCH3 is 1. The number of halogens is 1. The van der Waals surface area contributed by atoms with Crippen molar-refractivity contribution in [1.82, 2.24) is 15.3 Å². The Balaban J connectivity index is 2.17. The summed E-state index contributed by atoms with van der Waals surface area (Å²) in [6.45, 7) is 0. The number of ether oxygens (including phenoxy) is 1. The second-order valence-electron chi connectivity index (χ2n) is 4.15. The Labute approximate surface area is 111 Å². The van der Waals surface area contributed by atoms with Crippen molar-refractivity contribution in [2.75, 3.05) is 14.2 Å². The van der Waals surface area contributed by atoms with Crippen LogP contribution in [0.1, 0.15) is 17.2 Å². The molecule has 4 nitrogen and oxygen atoms in total. The standard InChI is InChI=1S/C14H16FN3O/c1-16-13(11-5-6-17-9-12(11)15)7-10-3-4-14(19-2)18-8-10/h3-6,8-9,13,16H,7H2,1-2H3. The van der Waals surface area contributed by atoms with Crippen LogP contribution in [-0.4, -0.2) is 24.1 Å².